The smallest absolute Gasteiger partial charge is 0.311 e. The number of hydrogen-bond acceptors (Lipinski definition) is 3. The van der Waals surface area contributed by atoms with Crippen LogP contribution in [0.4, 0.5) is 0 Å². The van der Waals surface area contributed by atoms with Crippen molar-refractivity contribution in [2.24, 2.45) is 5.92 Å². The maximum Gasteiger partial charge on any atom is 0.311 e. The van der Waals surface area contributed by atoms with Gasteiger partial charge in [0, 0.05) is 10.9 Å². The summed E-state index contributed by atoms with van der Waals surface area (Å²) in [6.07, 6.45) is 0.986. The van der Waals surface area contributed by atoms with E-state index in [0.717, 1.165) is 10.0 Å². The van der Waals surface area contributed by atoms with Crippen LogP contribution in [0.25, 0.3) is 0 Å². The minimum Gasteiger partial charge on any atom is -0.466 e. The lowest BCUT2D eigenvalue weighted by Crippen LogP contribution is -2.42. The lowest BCUT2D eigenvalue weighted by molar-refractivity contribution is -0.157. The fraction of sp³-hybridized carbons (Fsp3) is 0.533. The van der Waals surface area contributed by atoms with Gasteiger partial charge in [0.25, 0.3) is 0 Å². The van der Waals surface area contributed by atoms with E-state index in [1.807, 2.05) is 31.2 Å². The number of benzene rings is 1. The largest absolute Gasteiger partial charge is 0.466 e. The second kappa shape index (κ2) is 7.06. The second-order valence-corrected chi connectivity index (χ2v) is 5.79. The molecule has 0 bridgehead atoms. The van der Waals surface area contributed by atoms with Crippen molar-refractivity contribution in [2.45, 2.75) is 39.2 Å². The van der Waals surface area contributed by atoms with Crippen molar-refractivity contribution in [1.82, 2.24) is 0 Å². The monoisotopic (exact) mass is 328 g/mol. The minimum atomic E-state index is -1.10. The molecule has 0 saturated carbocycles. The zero-order chi connectivity index (χ0) is 14.5. The highest BCUT2D eigenvalue weighted by atomic mass is 79.9. The number of rotatable bonds is 6. The molecule has 0 heterocycles. The van der Waals surface area contributed by atoms with E-state index in [4.69, 9.17) is 4.74 Å². The summed E-state index contributed by atoms with van der Waals surface area (Å²) in [6.45, 7) is 5.69. The first-order valence-corrected chi connectivity index (χ1v) is 7.33. The van der Waals surface area contributed by atoms with Gasteiger partial charge in [-0.05, 0) is 38.0 Å². The topological polar surface area (TPSA) is 46.5 Å². The van der Waals surface area contributed by atoms with Gasteiger partial charge >= 0.3 is 5.97 Å². The Morgan fingerprint density at radius 1 is 1.37 bits per heavy atom. The average molecular weight is 329 g/mol. The normalized spacial score (nSPS) is 15.6. The van der Waals surface area contributed by atoms with Crippen LogP contribution in [0.15, 0.2) is 28.7 Å². The molecule has 4 heteroatoms. The highest BCUT2D eigenvalue weighted by molar-refractivity contribution is 9.10. The predicted octanol–water partition coefficient (Wildman–Crippen LogP) is 3.33. The first-order valence-electron chi connectivity index (χ1n) is 6.54. The molecule has 106 valence electrons. The molecule has 0 aliphatic heterocycles. The van der Waals surface area contributed by atoms with E-state index in [1.54, 1.807) is 13.8 Å². The zero-order valence-electron chi connectivity index (χ0n) is 11.6. The third kappa shape index (κ3) is 4.62. The molecule has 0 aromatic heterocycles. The molecule has 1 aromatic rings. The third-order valence-corrected chi connectivity index (χ3v) is 3.73. The Labute approximate surface area is 123 Å². The minimum absolute atomic E-state index is 0.327. The van der Waals surface area contributed by atoms with Gasteiger partial charge in [0.2, 0.25) is 0 Å². The van der Waals surface area contributed by atoms with E-state index < -0.39 is 11.5 Å². The molecule has 0 amide bonds. The molecule has 2 unspecified atom stereocenters. The quantitative estimate of drug-likeness (QED) is 0.815. The molecule has 1 aromatic carbocycles. The van der Waals surface area contributed by atoms with Crippen LogP contribution in [-0.4, -0.2) is 23.3 Å². The van der Waals surface area contributed by atoms with Crippen LogP contribution in [0.2, 0.25) is 0 Å². The molecule has 0 aliphatic carbocycles. The number of ether oxygens (including phenoxy) is 1. The van der Waals surface area contributed by atoms with Gasteiger partial charge in [-0.2, -0.15) is 0 Å². The highest BCUT2D eigenvalue weighted by Crippen LogP contribution is 2.27. The SMILES string of the molecule is CCOC(=O)C(CC)C(C)(O)Cc1ccc(Br)cc1. The van der Waals surface area contributed by atoms with Gasteiger partial charge in [-0.1, -0.05) is 35.0 Å². The number of halogens is 1. The van der Waals surface area contributed by atoms with Crippen molar-refractivity contribution >= 4 is 21.9 Å². The molecule has 19 heavy (non-hydrogen) atoms. The first-order chi connectivity index (χ1) is 8.90. The molecule has 0 aliphatic rings. The molecular weight excluding hydrogens is 308 g/mol. The standard InChI is InChI=1S/C15H21BrO3/c1-4-13(14(17)19-5-2)15(3,18)10-11-6-8-12(16)9-7-11/h6-9,13,18H,4-5,10H2,1-3H3. The Kier molecular flexibility index (Phi) is 6.01. The molecule has 0 spiro atoms. The number of aliphatic hydroxyl groups is 1. The molecule has 0 saturated heterocycles. The van der Waals surface area contributed by atoms with Crippen molar-refractivity contribution in [3.8, 4) is 0 Å². The second-order valence-electron chi connectivity index (χ2n) is 4.87. The Morgan fingerprint density at radius 2 is 1.95 bits per heavy atom. The summed E-state index contributed by atoms with van der Waals surface area (Å²) in [5.74, 6) is -0.830. The van der Waals surface area contributed by atoms with Crippen molar-refractivity contribution in [3.63, 3.8) is 0 Å². The van der Waals surface area contributed by atoms with E-state index in [2.05, 4.69) is 15.9 Å². The van der Waals surface area contributed by atoms with Crippen LogP contribution < -0.4 is 0 Å². The molecule has 0 fully saturated rings. The average Bonchev–Trinajstić information content (AvgIpc) is 2.32. The van der Waals surface area contributed by atoms with Crippen LogP contribution in [0, 0.1) is 5.92 Å². The lowest BCUT2D eigenvalue weighted by Gasteiger charge is -2.30. The highest BCUT2D eigenvalue weighted by Gasteiger charge is 2.37. The fourth-order valence-corrected chi connectivity index (χ4v) is 2.51. The molecular formula is C15H21BrO3. The number of hydrogen-bond donors (Lipinski definition) is 1. The Hall–Kier alpha value is -0.870. The maximum atomic E-state index is 11.9. The van der Waals surface area contributed by atoms with Crippen LogP contribution in [0.3, 0.4) is 0 Å². The van der Waals surface area contributed by atoms with Gasteiger partial charge in [-0.25, -0.2) is 0 Å². The Bertz CT molecular complexity index is 412. The van der Waals surface area contributed by atoms with Crippen molar-refractivity contribution in [2.75, 3.05) is 6.61 Å². The van der Waals surface area contributed by atoms with Gasteiger partial charge < -0.3 is 9.84 Å². The van der Waals surface area contributed by atoms with Gasteiger partial charge in [0.15, 0.2) is 0 Å². The maximum absolute atomic E-state index is 11.9. The summed E-state index contributed by atoms with van der Waals surface area (Å²) in [4.78, 5) is 11.9. The van der Waals surface area contributed by atoms with Gasteiger partial charge in [0.1, 0.15) is 0 Å². The summed E-state index contributed by atoms with van der Waals surface area (Å²) in [6, 6.07) is 7.74. The van der Waals surface area contributed by atoms with Gasteiger partial charge in [-0.15, -0.1) is 0 Å². The zero-order valence-corrected chi connectivity index (χ0v) is 13.2. The number of esters is 1. The summed E-state index contributed by atoms with van der Waals surface area (Å²) in [7, 11) is 0. The van der Waals surface area contributed by atoms with Crippen molar-refractivity contribution in [3.05, 3.63) is 34.3 Å². The summed E-state index contributed by atoms with van der Waals surface area (Å²) >= 11 is 3.37. The van der Waals surface area contributed by atoms with E-state index in [0.29, 0.717) is 19.4 Å². The molecule has 3 nitrogen and oxygen atoms in total. The summed E-state index contributed by atoms with van der Waals surface area (Å²) in [5, 5.41) is 10.6. The van der Waals surface area contributed by atoms with Gasteiger partial charge in [-0.3, -0.25) is 4.79 Å². The first kappa shape index (κ1) is 16.2. The Balaban J connectivity index is 2.82. The van der Waals surface area contributed by atoms with Crippen molar-refractivity contribution in [1.29, 1.82) is 0 Å². The van der Waals surface area contributed by atoms with Crippen LogP contribution in [0.5, 0.6) is 0 Å². The molecule has 2 atom stereocenters. The summed E-state index contributed by atoms with van der Waals surface area (Å²) in [5.41, 5.74) is -0.106. The lowest BCUT2D eigenvalue weighted by atomic mass is 9.82. The van der Waals surface area contributed by atoms with Crippen LogP contribution in [0.1, 0.15) is 32.8 Å². The van der Waals surface area contributed by atoms with E-state index >= 15 is 0 Å². The molecule has 1 rings (SSSR count). The fourth-order valence-electron chi connectivity index (χ4n) is 2.24. The number of carbonyl (C=O) groups is 1. The third-order valence-electron chi connectivity index (χ3n) is 3.21. The molecule has 0 radical (unpaired) electrons. The van der Waals surface area contributed by atoms with Crippen molar-refractivity contribution < 1.29 is 14.6 Å². The molecule has 1 N–H and O–H groups in total. The predicted molar refractivity (Wildman–Crippen MR) is 78.9 cm³/mol. The van der Waals surface area contributed by atoms with E-state index in [1.165, 1.54) is 0 Å². The summed E-state index contributed by atoms with van der Waals surface area (Å²) < 4.78 is 6.03. The number of carbonyl (C=O) groups excluding carboxylic acids is 1. The van der Waals surface area contributed by atoms with E-state index in [9.17, 15) is 9.90 Å². The van der Waals surface area contributed by atoms with E-state index in [-0.39, 0.29) is 5.97 Å². The van der Waals surface area contributed by atoms with Crippen LogP contribution >= 0.6 is 15.9 Å². The van der Waals surface area contributed by atoms with Crippen LogP contribution in [-0.2, 0) is 16.0 Å². The van der Waals surface area contributed by atoms with Gasteiger partial charge in [0.05, 0.1) is 18.1 Å². The Morgan fingerprint density at radius 3 is 2.42 bits per heavy atom.